The summed E-state index contributed by atoms with van der Waals surface area (Å²) in [6.07, 6.45) is 3.69. The van der Waals surface area contributed by atoms with Gasteiger partial charge < -0.3 is 10.4 Å². The Hall–Kier alpha value is -1.49. The molecule has 1 amide bonds. The van der Waals surface area contributed by atoms with Gasteiger partial charge in [-0.3, -0.25) is 4.79 Å². The van der Waals surface area contributed by atoms with Gasteiger partial charge in [0, 0.05) is 12.6 Å². The number of amides is 1. The summed E-state index contributed by atoms with van der Waals surface area (Å²) in [5, 5.41) is 12.8. The first kappa shape index (κ1) is 14.9. The van der Waals surface area contributed by atoms with Crippen LogP contribution < -0.4 is 5.32 Å². The number of carbonyl (C=O) groups is 1. The van der Waals surface area contributed by atoms with Gasteiger partial charge in [0.05, 0.1) is 12.0 Å². The van der Waals surface area contributed by atoms with E-state index in [1.807, 2.05) is 0 Å². The normalized spacial score (nSPS) is 17.1. The van der Waals surface area contributed by atoms with Crippen molar-refractivity contribution in [2.24, 2.45) is 0 Å². The Bertz CT molecular complexity index is 465. The Labute approximate surface area is 117 Å². The van der Waals surface area contributed by atoms with Crippen LogP contribution >= 0.6 is 0 Å². The van der Waals surface area contributed by atoms with Gasteiger partial charge in [-0.15, -0.1) is 0 Å². The fraction of sp³-hybridized carbons (Fsp3) is 0.533. The summed E-state index contributed by atoms with van der Waals surface area (Å²) in [7, 11) is 0. The van der Waals surface area contributed by atoms with Crippen molar-refractivity contribution in [3.8, 4) is 0 Å². The van der Waals surface area contributed by atoms with Gasteiger partial charge in [0.1, 0.15) is 11.6 Å². The minimum atomic E-state index is -0.866. The third-order valence-corrected chi connectivity index (χ3v) is 3.68. The molecular weight excluding hydrogens is 264 g/mol. The topological polar surface area (TPSA) is 49.3 Å². The predicted octanol–water partition coefficient (Wildman–Crippen LogP) is 2.32. The number of benzene rings is 1. The maximum atomic E-state index is 13.0. The van der Waals surface area contributed by atoms with E-state index in [1.54, 1.807) is 0 Å². The number of carbonyl (C=O) groups excluding carboxylic acids is 1. The Kier molecular flexibility index (Phi) is 4.70. The molecule has 0 radical (unpaired) electrons. The molecule has 0 aromatic heterocycles. The van der Waals surface area contributed by atoms with Gasteiger partial charge in [-0.1, -0.05) is 12.8 Å². The van der Waals surface area contributed by atoms with E-state index in [4.69, 9.17) is 0 Å². The van der Waals surface area contributed by atoms with Crippen molar-refractivity contribution in [2.45, 2.75) is 44.1 Å². The van der Waals surface area contributed by atoms with E-state index in [2.05, 4.69) is 5.32 Å². The first-order valence-corrected chi connectivity index (χ1v) is 6.91. The second kappa shape index (κ2) is 6.31. The maximum absolute atomic E-state index is 13.0. The van der Waals surface area contributed by atoms with Crippen LogP contribution in [0.5, 0.6) is 0 Å². The molecule has 1 aliphatic carbocycles. The lowest BCUT2D eigenvalue weighted by Gasteiger charge is -2.21. The summed E-state index contributed by atoms with van der Waals surface area (Å²) >= 11 is 0. The lowest BCUT2D eigenvalue weighted by atomic mass is 9.97. The van der Waals surface area contributed by atoms with Gasteiger partial charge in [0.15, 0.2) is 0 Å². The number of nitrogens with one attached hydrogen (secondary N) is 1. The summed E-state index contributed by atoms with van der Waals surface area (Å²) in [5.74, 6) is -1.45. The molecule has 1 fully saturated rings. The summed E-state index contributed by atoms with van der Waals surface area (Å²) < 4.78 is 25.9. The molecule has 0 atom stereocenters. The van der Waals surface area contributed by atoms with E-state index in [-0.39, 0.29) is 12.3 Å². The molecule has 0 saturated heterocycles. The van der Waals surface area contributed by atoms with Gasteiger partial charge in [-0.25, -0.2) is 8.78 Å². The summed E-state index contributed by atoms with van der Waals surface area (Å²) in [4.78, 5) is 11.7. The van der Waals surface area contributed by atoms with Gasteiger partial charge in [-0.2, -0.15) is 0 Å². The number of aliphatic hydroxyl groups is 1. The van der Waals surface area contributed by atoms with Crippen LogP contribution in [0.1, 0.15) is 37.7 Å². The van der Waals surface area contributed by atoms with Gasteiger partial charge in [-0.05, 0) is 37.0 Å². The second-order valence-corrected chi connectivity index (χ2v) is 5.49. The van der Waals surface area contributed by atoms with E-state index in [1.165, 1.54) is 12.1 Å². The fourth-order valence-corrected chi connectivity index (χ4v) is 2.67. The van der Waals surface area contributed by atoms with Crippen LogP contribution in [0.3, 0.4) is 0 Å². The highest BCUT2D eigenvalue weighted by Crippen LogP contribution is 2.32. The molecule has 0 spiro atoms. The first-order chi connectivity index (χ1) is 9.47. The van der Waals surface area contributed by atoms with Crippen molar-refractivity contribution >= 4 is 5.91 Å². The first-order valence-electron chi connectivity index (χ1n) is 6.91. The molecule has 0 unspecified atom stereocenters. The molecule has 0 bridgehead atoms. The SMILES string of the molecule is O=C(CC1(O)CCCC1)NCCc1cc(F)cc(F)c1. The Morgan fingerprint density at radius 2 is 1.80 bits per heavy atom. The molecule has 0 heterocycles. The molecule has 1 aromatic rings. The van der Waals surface area contributed by atoms with Gasteiger partial charge in [0.2, 0.25) is 5.91 Å². The summed E-state index contributed by atoms with van der Waals surface area (Å²) in [6.45, 7) is 0.303. The van der Waals surface area contributed by atoms with Crippen molar-refractivity contribution < 1.29 is 18.7 Å². The number of hydrogen-bond acceptors (Lipinski definition) is 2. The quantitative estimate of drug-likeness (QED) is 0.871. The zero-order valence-electron chi connectivity index (χ0n) is 11.3. The number of rotatable bonds is 5. The van der Waals surface area contributed by atoms with E-state index >= 15 is 0 Å². The smallest absolute Gasteiger partial charge is 0.222 e. The van der Waals surface area contributed by atoms with Crippen LogP contribution in [0.2, 0.25) is 0 Å². The van der Waals surface area contributed by atoms with Crippen LogP contribution in [0.4, 0.5) is 8.78 Å². The van der Waals surface area contributed by atoms with Crippen molar-refractivity contribution in [1.82, 2.24) is 5.32 Å². The Morgan fingerprint density at radius 3 is 2.40 bits per heavy atom. The highest BCUT2D eigenvalue weighted by molar-refractivity contribution is 5.77. The maximum Gasteiger partial charge on any atom is 0.222 e. The molecule has 5 heteroatoms. The van der Waals surface area contributed by atoms with Crippen LogP contribution in [-0.4, -0.2) is 23.2 Å². The van der Waals surface area contributed by atoms with Crippen molar-refractivity contribution in [3.63, 3.8) is 0 Å². The Balaban J connectivity index is 1.76. The summed E-state index contributed by atoms with van der Waals surface area (Å²) in [6, 6.07) is 3.32. The van der Waals surface area contributed by atoms with E-state index in [0.29, 0.717) is 31.4 Å². The predicted molar refractivity (Wildman–Crippen MR) is 71.1 cm³/mol. The molecule has 20 heavy (non-hydrogen) atoms. The van der Waals surface area contributed by atoms with Crippen LogP contribution in [0, 0.1) is 11.6 Å². The van der Waals surface area contributed by atoms with E-state index in [0.717, 1.165) is 18.9 Å². The highest BCUT2D eigenvalue weighted by atomic mass is 19.1. The largest absolute Gasteiger partial charge is 0.389 e. The minimum absolute atomic E-state index is 0.102. The molecule has 1 aromatic carbocycles. The molecule has 110 valence electrons. The van der Waals surface area contributed by atoms with Crippen LogP contribution in [0.15, 0.2) is 18.2 Å². The third kappa shape index (κ3) is 4.27. The average molecular weight is 283 g/mol. The third-order valence-electron chi connectivity index (χ3n) is 3.68. The zero-order chi connectivity index (χ0) is 14.6. The van der Waals surface area contributed by atoms with Crippen molar-refractivity contribution in [1.29, 1.82) is 0 Å². The molecular formula is C15H19F2NO2. The highest BCUT2D eigenvalue weighted by Gasteiger charge is 2.33. The van der Waals surface area contributed by atoms with Crippen LogP contribution in [0.25, 0.3) is 0 Å². The molecule has 0 aliphatic heterocycles. The lowest BCUT2D eigenvalue weighted by Crippen LogP contribution is -2.35. The molecule has 1 aliphatic rings. The van der Waals surface area contributed by atoms with Crippen molar-refractivity contribution in [2.75, 3.05) is 6.54 Å². The van der Waals surface area contributed by atoms with E-state index in [9.17, 15) is 18.7 Å². The monoisotopic (exact) mass is 283 g/mol. The van der Waals surface area contributed by atoms with E-state index < -0.39 is 17.2 Å². The van der Waals surface area contributed by atoms with Crippen LogP contribution in [-0.2, 0) is 11.2 Å². The van der Waals surface area contributed by atoms with Gasteiger partial charge >= 0.3 is 0 Å². The summed E-state index contributed by atoms with van der Waals surface area (Å²) in [5.41, 5.74) is -0.364. The Morgan fingerprint density at radius 1 is 1.20 bits per heavy atom. The standard InChI is InChI=1S/C15H19F2NO2/c16-12-7-11(8-13(17)9-12)3-6-18-14(19)10-15(20)4-1-2-5-15/h7-9,20H,1-6,10H2,(H,18,19). The fourth-order valence-electron chi connectivity index (χ4n) is 2.67. The molecule has 2 N–H and O–H groups in total. The van der Waals surface area contributed by atoms with Gasteiger partial charge in [0.25, 0.3) is 0 Å². The molecule has 3 nitrogen and oxygen atoms in total. The second-order valence-electron chi connectivity index (χ2n) is 5.49. The zero-order valence-corrected chi connectivity index (χ0v) is 11.3. The minimum Gasteiger partial charge on any atom is -0.389 e. The number of halogens is 2. The number of hydrogen-bond donors (Lipinski definition) is 2. The molecule has 1 saturated carbocycles. The average Bonchev–Trinajstić information content (AvgIpc) is 2.74. The van der Waals surface area contributed by atoms with Crippen molar-refractivity contribution in [3.05, 3.63) is 35.4 Å². The lowest BCUT2D eigenvalue weighted by molar-refractivity contribution is -0.125. The molecule has 2 rings (SSSR count).